The number of carbonyl (C=O) groups excluding carboxylic acids is 1. The molecule has 1 amide bonds. The van der Waals surface area contributed by atoms with Gasteiger partial charge in [-0.25, -0.2) is 0 Å². The Morgan fingerprint density at radius 2 is 2.06 bits per heavy atom. The van der Waals surface area contributed by atoms with Crippen molar-refractivity contribution in [2.45, 2.75) is 20.8 Å². The van der Waals surface area contributed by atoms with Gasteiger partial charge in [-0.3, -0.25) is 4.79 Å². The minimum absolute atomic E-state index is 0.0548. The molecule has 0 atom stereocenters. The largest absolute Gasteiger partial charge is 0.494 e. The zero-order valence-electron chi connectivity index (χ0n) is 10.5. The first-order chi connectivity index (χ1) is 8.10. The van der Waals surface area contributed by atoms with Gasteiger partial charge in [0.2, 0.25) is 0 Å². The maximum absolute atomic E-state index is 11.8. The number of hydrogen-bond acceptors (Lipinski definition) is 3. The number of benzene rings is 1. The first-order valence-corrected chi connectivity index (χ1v) is 5.73. The second kappa shape index (κ2) is 6.25. The number of nitrogens with one attached hydrogen (secondary N) is 1. The van der Waals surface area contributed by atoms with E-state index in [1.165, 1.54) is 0 Å². The predicted octanol–water partition coefficient (Wildman–Crippen LogP) is 1.42. The van der Waals surface area contributed by atoms with E-state index in [0.717, 1.165) is 16.9 Å². The van der Waals surface area contributed by atoms with Gasteiger partial charge in [0.25, 0.3) is 5.91 Å². The Balaban J connectivity index is 2.94. The molecule has 0 aliphatic heterocycles. The first kappa shape index (κ1) is 13.5. The molecule has 0 aliphatic rings. The van der Waals surface area contributed by atoms with E-state index in [-0.39, 0.29) is 19.1 Å². The summed E-state index contributed by atoms with van der Waals surface area (Å²) in [6.45, 7) is 6.53. The lowest BCUT2D eigenvalue weighted by Gasteiger charge is -2.12. The molecule has 0 spiro atoms. The van der Waals surface area contributed by atoms with Gasteiger partial charge in [0, 0.05) is 12.1 Å². The Labute approximate surface area is 102 Å². The lowest BCUT2D eigenvalue weighted by atomic mass is 10.0. The van der Waals surface area contributed by atoms with Crippen molar-refractivity contribution in [2.24, 2.45) is 0 Å². The fourth-order valence-corrected chi connectivity index (χ4v) is 1.61. The van der Waals surface area contributed by atoms with Crippen molar-refractivity contribution in [1.82, 2.24) is 5.32 Å². The molecule has 0 aliphatic carbocycles. The van der Waals surface area contributed by atoms with Crippen molar-refractivity contribution in [3.05, 3.63) is 28.8 Å². The van der Waals surface area contributed by atoms with Crippen molar-refractivity contribution in [2.75, 3.05) is 19.8 Å². The molecule has 4 heteroatoms. The molecule has 0 radical (unpaired) electrons. The van der Waals surface area contributed by atoms with Crippen LogP contribution in [0.3, 0.4) is 0 Å². The summed E-state index contributed by atoms with van der Waals surface area (Å²) in [7, 11) is 0. The van der Waals surface area contributed by atoms with E-state index in [2.05, 4.69) is 5.32 Å². The number of ether oxygens (including phenoxy) is 1. The summed E-state index contributed by atoms with van der Waals surface area (Å²) in [4.78, 5) is 11.8. The third-order valence-electron chi connectivity index (χ3n) is 2.46. The highest BCUT2D eigenvalue weighted by Crippen LogP contribution is 2.22. The van der Waals surface area contributed by atoms with E-state index in [0.29, 0.717) is 12.2 Å². The normalized spacial score (nSPS) is 10.1. The predicted molar refractivity (Wildman–Crippen MR) is 66.5 cm³/mol. The summed E-state index contributed by atoms with van der Waals surface area (Å²) in [5.41, 5.74) is 2.43. The van der Waals surface area contributed by atoms with Crippen LogP contribution in [0.1, 0.15) is 28.4 Å². The molecule has 0 fully saturated rings. The maximum atomic E-state index is 11.8. The van der Waals surface area contributed by atoms with Crippen LogP contribution < -0.4 is 10.1 Å². The molecule has 0 aromatic heterocycles. The Hall–Kier alpha value is -1.55. The highest BCUT2D eigenvalue weighted by molar-refractivity contribution is 5.96. The van der Waals surface area contributed by atoms with Crippen LogP contribution in [0.5, 0.6) is 5.75 Å². The van der Waals surface area contributed by atoms with E-state index in [4.69, 9.17) is 9.84 Å². The number of aliphatic hydroxyl groups is 1. The zero-order valence-corrected chi connectivity index (χ0v) is 10.5. The minimum atomic E-state index is -0.164. The van der Waals surface area contributed by atoms with E-state index >= 15 is 0 Å². The smallest absolute Gasteiger partial charge is 0.251 e. The quantitative estimate of drug-likeness (QED) is 0.814. The number of aryl methyl sites for hydroxylation is 2. The van der Waals surface area contributed by atoms with Crippen LogP contribution in [0.25, 0.3) is 0 Å². The zero-order chi connectivity index (χ0) is 12.8. The van der Waals surface area contributed by atoms with Crippen molar-refractivity contribution >= 4 is 5.91 Å². The molecule has 4 nitrogen and oxygen atoms in total. The summed E-state index contributed by atoms with van der Waals surface area (Å²) < 4.78 is 5.46. The van der Waals surface area contributed by atoms with Gasteiger partial charge in [0.1, 0.15) is 5.75 Å². The van der Waals surface area contributed by atoms with Gasteiger partial charge in [0.15, 0.2) is 0 Å². The number of hydrogen-bond donors (Lipinski definition) is 2. The number of carbonyl (C=O) groups is 1. The number of amides is 1. The van der Waals surface area contributed by atoms with Crippen molar-refractivity contribution in [1.29, 1.82) is 0 Å². The van der Waals surface area contributed by atoms with Crippen LogP contribution in [0, 0.1) is 13.8 Å². The average Bonchev–Trinajstić information content (AvgIpc) is 2.30. The summed E-state index contributed by atoms with van der Waals surface area (Å²) in [6, 6.07) is 3.68. The Morgan fingerprint density at radius 3 is 2.65 bits per heavy atom. The topological polar surface area (TPSA) is 58.6 Å². The Kier molecular flexibility index (Phi) is 4.97. The van der Waals surface area contributed by atoms with Crippen molar-refractivity contribution < 1.29 is 14.6 Å². The highest BCUT2D eigenvalue weighted by Gasteiger charge is 2.11. The molecular weight excluding hydrogens is 218 g/mol. The molecule has 1 rings (SSSR count). The molecule has 2 N–H and O–H groups in total. The lowest BCUT2D eigenvalue weighted by molar-refractivity contribution is 0.0944. The van der Waals surface area contributed by atoms with Crippen molar-refractivity contribution in [3.63, 3.8) is 0 Å². The summed E-state index contributed by atoms with van der Waals surface area (Å²) in [5, 5.41) is 11.3. The second-order valence-electron chi connectivity index (χ2n) is 3.85. The van der Waals surface area contributed by atoms with E-state index in [1.807, 2.05) is 32.9 Å². The molecule has 0 bridgehead atoms. The number of rotatable bonds is 5. The maximum Gasteiger partial charge on any atom is 0.251 e. The first-order valence-electron chi connectivity index (χ1n) is 5.73. The van der Waals surface area contributed by atoms with Crippen LogP contribution in [-0.2, 0) is 0 Å². The van der Waals surface area contributed by atoms with Gasteiger partial charge in [-0.15, -0.1) is 0 Å². The molecule has 0 saturated heterocycles. The monoisotopic (exact) mass is 237 g/mol. The molecule has 0 unspecified atom stereocenters. The molecule has 94 valence electrons. The van der Waals surface area contributed by atoms with Gasteiger partial charge in [0.05, 0.1) is 13.2 Å². The van der Waals surface area contributed by atoms with Crippen LogP contribution >= 0.6 is 0 Å². The lowest BCUT2D eigenvalue weighted by Crippen LogP contribution is -2.27. The van der Waals surface area contributed by atoms with E-state index < -0.39 is 0 Å². The second-order valence-corrected chi connectivity index (χ2v) is 3.85. The SMILES string of the molecule is CCOc1cc(C)c(C(=O)NCCO)cc1C. The molecule has 0 saturated carbocycles. The molecule has 1 aromatic rings. The fraction of sp³-hybridized carbons (Fsp3) is 0.462. The van der Waals surface area contributed by atoms with Gasteiger partial charge < -0.3 is 15.2 Å². The van der Waals surface area contributed by atoms with E-state index in [9.17, 15) is 4.79 Å². The summed E-state index contributed by atoms with van der Waals surface area (Å²) >= 11 is 0. The summed E-state index contributed by atoms with van der Waals surface area (Å²) in [6.07, 6.45) is 0. The van der Waals surface area contributed by atoms with Gasteiger partial charge in [-0.2, -0.15) is 0 Å². The molecule has 0 heterocycles. The fourth-order valence-electron chi connectivity index (χ4n) is 1.61. The molecule has 17 heavy (non-hydrogen) atoms. The van der Waals surface area contributed by atoms with Crippen LogP contribution in [0.2, 0.25) is 0 Å². The van der Waals surface area contributed by atoms with Gasteiger partial charge >= 0.3 is 0 Å². The van der Waals surface area contributed by atoms with Crippen molar-refractivity contribution in [3.8, 4) is 5.75 Å². The molecular formula is C13H19NO3. The third-order valence-corrected chi connectivity index (χ3v) is 2.46. The van der Waals surface area contributed by atoms with Crippen LogP contribution in [-0.4, -0.2) is 30.8 Å². The van der Waals surface area contributed by atoms with Gasteiger partial charge in [-0.1, -0.05) is 0 Å². The van der Waals surface area contributed by atoms with E-state index in [1.54, 1.807) is 0 Å². The van der Waals surface area contributed by atoms with Gasteiger partial charge in [-0.05, 0) is 44.0 Å². The number of aliphatic hydroxyl groups excluding tert-OH is 1. The van der Waals surface area contributed by atoms with Crippen LogP contribution in [0.4, 0.5) is 0 Å². The Bertz CT molecular complexity index is 402. The minimum Gasteiger partial charge on any atom is -0.494 e. The summed E-state index contributed by atoms with van der Waals surface area (Å²) in [5.74, 6) is 0.645. The highest BCUT2D eigenvalue weighted by atomic mass is 16.5. The standard InChI is InChI=1S/C13H19NO3/c1-4-17-12-8-9(2)11(7-10(12)3)13(16)14-5-6-15/h7-8,15H,4-6H2,1-3H3,(H,14,16). The molecule has 1 aromatic carbocycles. The van der Waals surface area contributed by atoms with Crippen LogP contribution in [0.15, 0.2) is 12.1 Å². The Morgan fingerprint density at radius 1 is 1.35 bits per heavy atom. The average molecular weight is 237 g/mol. The third kappa shape index (κ3) is 3.46.